The van der Waals surface area contributed by atoms with Crippen molar-refractivity contribution in [2.24, 2.45) is 0 Å². The van der Waals surface area contributed by atoms with Crippen molar-refractivity contribution in [1.82, 2.24) is 14.9 Å². The van der Waals surface area contributed by atoms with Gasteiger partial charge in [-0.15, -0.1) is 0 Å². The molecule has 6 heteroatoms. The zero-order chi connectivity index (χ0) is 16.4. The minimum atomic E-state index is 0.0816. The summed E-state index contributed by atoms with van der Waals surface area (Å²) in [6.07, 6.45) is 4.00. The molecule has 0 saturated carbocycles. The first kappa shape index (κ1) is 15.7. The molecule has 5 nitrogen and oxygen atoms in total. The van der Waals surface area contributed by atoms with Crippen molar-refractivity contribution in [1.29, 1.82) is 0 Å². The van der Waals surface area contributed by atoms with Gasteiger partial charge in [0.05, 0.1) is 17.4 Å². The van der Waals surface area contributed by atoms with E-state index < -0.39 is 0 Å². The number of carbonyl (C=O) groups is 1. The number of hydrogen-bond donors (Lipinski definition) is 1. The molecule has 1 unspecified atom stereocenters. The van der Waals surface area contributed by atoms with Crippen LogP contribution in [0.1, 0.15) is 27.9 Å². The fraction of sp³-hybridized carbons (Fsp3) is 0.353. The van der Waals surface area contributed by atoms with Gasteiger partial charge in [0.25, 0.3) is 5.91 Å². The molecule has 1 saturated heterocycles. The predicted molar refractivity (Wildman–Crippen MR) is 90.9 cm³/mol. The lowest BCUT2D eigenvalue weighted by Gasteiger charge is -2.18. The lowest BCUT2D eigenvalue weighted by Crippen LogP contribution is -2.32. The van der Waals surface area contributed by atoms with Gasteiger partial charge in [-0.25, -0.2) is 9.97 Å². The third-order valence-corrected chi connectivity index (χ3v) is 4.09. The highest BCUT2D eigenvalue weighted by atomic mass is 35.5. The van der Waals surface area contributed by atoms with E-state index in [1.165, 1.54) is 0 Å². The second-order valence-corrected chi connectivity index (χ2v) is 6.42. The molecule has 0 aliphatic carbocycles. The van der Waals surface area contributed by atoms with Crippen LogP contribution in [0.3, 0.4) is 0 Å². The van der Waals surface area contributed by atoms with Crippen LogP contribution in [-0.4, -0.2) is 39.9 Å². The Labute approximate surface area is 140 Å². The topological polar surface area (TPSA) is 58.1 Å². The number of rotatable bonds is 3. The van der Waals surface area contributed by atoms with Crippen molar-refractivity contribution >= 4 is 23.5 Å². The van der Waals surface area contributed by atoms with Gasteiger partial charge in [-0.05, 0) is 32.4 Å². The molecule has 23 heavy (non-hydrogen) atoms. The average Bonchev–Trinajstić information content (AvgIpc) is 2.96. The van der Waals surface area contributed by atoms with E-state index in [1.54, 1.807) is 12.4 Å². The van der Waals surface area contributed by atoms with Gasteiger partial charge in [0, 0.05) is 24.7 Å². The lowest BCUT2D eigenvalue weighted by molar-refractivity contribution is 0.0791. The Morgan fingerprint density at radius 1 is 1.22 bits per heavy atom. The number of hydrogen-bond acceptors (Lipinski definition) is 4. The maximum absolute atomic E-state index is 12.6. The molecule has 1 aromatic carbocycles. The van der Waals surface area contributed by atoms with E-state index >= 15 is 0 Å². The summed E-state index contributed by atoms with van der Waals surface area (Å²) >= 11 is 5.78. The first-order chi connectivity index (χ1) is 11.0. The number of benzene rings is 1. The largest absolute Gasteiger partial charge is 0.350 e. The number of carbonyl (C=O) groups excluding carboxylic acids is 1. The molecule has 1 fully saturated rings. The standard InChI is InChI=1S/C17H19ClN4O/c1-11-5-12(2)7-13(6-11)16(23)22-4-3-15(10-22)21-17-19-8-14(18)9-20-17/h5-9,15H,3-4,10H2,1-2H3,(H,19,20,21). The molecule has 0 bridgehead atoms. The zero-order valence-electron chi connectivity index (χ0n) is 13.2. The summed E-state index contributed by atoms with van der Waals surface area (Å²) in [4.78, 5) is 22.8. The predicted octanol–water partition coefficient (Wildman–Crippen LogP) is 3.07. The van der Waals surface area contributed by atoms with Crippen LogP contribution in [0.2, 0.25) is 5.02 Å². The highest BCUT2D eigenvalue weighted by molar-refractivity contribution is 6.30. The Bertz CT molecular complexity index is 697. The van der Waals surface area contributed by atoms with E-state index in [0.717, 1.165) is 29.7 Å². The average molecular weight is 331 g/mol. The smallest absolute Gasteiger partial charge is 0.253 e. The van der Waals surface area contributed by atoms with Crippen molar-refractivity contribution < 1.29 is 4.79 Å². The lowest BCUT2D eigenvalue weighted by atomic mass is 10.1. The van der Waals surface area contributed by atoms with E-state index in [2.05, 4.69) is 21.4 Å². The van der Waals surface area contributed by atoms with Crippen LogP contribution in [0, 0.1) is 13.8 Å². The fourth-order valence-electron chi connectivity index (χ4n) is 2.91. The van der Waals surface area contributed by atoms with Crippen molar-refractivity contribution in [3.63, 3.8) is 0 Å². The van der Waals surface area contributed by atoms with Gasteiger partial charge in [-0.3, -0.25) is 4.79 Å². The Kier molecular flexibility index (Phi) is 4.48. The molecular weight excluding hydrogens is 312 g/mol. The van der Waals surface area contributed by atoms with Gasteiger partial charge in [0.2, 0.25) is 5.95 Å². The Hall–Kier alpha value is -2.14. The molecule has 1 aliphatic rings. The molecule has 1 N–H and O–H groups in total. The van der Waals surface area contributed by atoms with Crippen molar-refractivity contribution in [3.8, 4) is 0 Å². The Morgan fingerprint density at radius 2 is 1.87 bits per heavy atom. The summed E-state index contributed by atoms with van der Waals surface area (Å²) in [5, 5.41) is 3.76. The molecule has 1 amide bonds. The maximum Gasteiger partial charge on any atom is 0.253 e. The minimum absolute atomic E-state index is 0.0816. The molecule has 2 aromatic rings. The van der Waals surface area contributed by atoms with E-state index in [0.29, 0.717) is 17.5 Å². The van der Waals surface area contributed by atoms with E-state index in [9.17, 15) is 4.79 Å². The van der Waals surface area contributed by atoms with Gasteiger partial charge in [-0.2, -0.15) is 0 Å². The Balaban J connectivity index is 1.64. The van der Waals surface area contributed by atoms with Crippen LogP contribution in [-0.2, 0) is 0 Å². The second kappa shape index (κ2) is 6.54. The van der Waals surface area contributed by atoms with Crippen molar-refractivity contribution in [2.45, 2.75) is 26.3 Å². The maximum atomic E-state index is 12.6. The summed E-state index contributed by atoms with van der Waals surface area (Å²) in [5.74, 6) is 0.623. The number of nitrogens with zero attached hydrogens (tertiary/aromatic N) is 3. The van der Waals surface area contributed by atoms with Gasteiger partial charge in [-0.1, -0.05) is 28.8 Å². The van der Waals surface area contributed by atoms with E-state index in [1.807, 2.05) is 30.9 Å². The number of halogens is 1. The SMILES string of the molecule is Cc1cc(C)cc(C(=O)N2CCC(Nc3ncc(Cl)cn3)C2)c1. The van der Waals surface area contributed by atoms with Crippen LogP contribution in [0.5, 0.6) is 0 Å². The van der Waals surface area contributed by atoms with Crippen LogP contribution in [0.25, 0.3) is 0 Å². The number of likely N-dealkylation sites (tertiary alicyclic amines) is 1. The molecule has 120 valence electrons. The Morgan fingerprint density at radius 3 is 2.52 bits per heavy atom. The molecule has 1 aliphatic heterocycles. The highest BCUT2D eigenvalue weighted by Gasteiger charge is 2.27. The van der Waals surface area contributed by atoms with E-state index in [4.69, 9.17) is 11.6 Å². The van der Waals surface area contributed by atoms with E-state index in [-0.39, 0.29) is 11.9 Å². The summed E-state index contributed by atoms with van der Waals surface area (Å²) in [6.45, 7) is 5.40. The number of nitrogens with one attached hydrogen (secondary N) is 1. The molecule has 0 spiro atoms. The summed E-state index contributed by atoms with van der Waals surface area (Å²) < 4.78 is 0. The zero-order valence-corrected chi connectivity index (χ0v) is 14.0. The van der Waals surface area contributed by atoms with Crippen LogP contribution in [0.15, 0.2) is 30.6 Å². The van der Waals surface area contributed by atoms with Crippen LogP contribution in [0.4, 0.5) is 5.95 Å². The van der Waals surface area contributed by atoms with Crippen molar-refractivity contribution in [2.75, 3.05) is 18.4 Å². The third-order valence-electron chi connectivity index (χ3n) is 3.90. The van der Waals surface area contributed by atoms with Crippen molar-refractivity contribution in [3.05, 3.63) is 52.3 Å². The van der Waals surface area contributed by atoms with Gasteiger partial charge in [0.1, 0.15) is 0 Å². The molecule has 0 radical (unpaired) electrons. The monoisotopic (exact) mass is 330 g/mol. The van der Waals surface area contributed by atoms with Gasteiger partial charge < -0.3 is 10.2 Å². The number of amides is 1. The quantitative estimate of drug-likeness (QED) is 0.939. The third kappa shape index (κ3) is 3.79. The highest BCUT2D eigenvalue weighted by Crippen LogP contribution is 2.18. The minimum Gasteiger partial charge on any atom is -0.350 e. The second-order valence-electron chi connectivity index (χ2n) is 5.98. The molecule has 1 aromatic heterocycles. The summed E-state index contributed by atoms with van der Waals surface area (Å²) in [5.41, 5.74) is 2.97. The molecule has 1 atom stereocenters. The van der Waals surface area contributed by atoms with Crippen LogP contribution >= 0.6 is 11.6 Å². The number of anilines is 1. The first-order valence-electron chi connectivity index (χ1n) is 7.63. The summed E-state index contributed by atoms with van der Waals surface area (Å²) in [7, 11) is 0. The summed E-state index contributed by atoms with van der Waals surface area (Å²) in [6, 6.07) is 6.12. The fourth-order valence-corrected chi connectivity index (χ4v) is 3.01. The normalized spacial score (nSPS) is 17.3. The first-order valence-corrected chi connectivity index (χ1v) is 8.01. The number of aryl methyl sites for hydroxylation is 2. The van der Waals surface area contributed by atoms with Gasteiger partial charge >= 0.3 is 0 Å². The molecule has 2 heterocycles. The van der Waals surface area contributed by atoms with Crippen LogP contribution < -0.4 is 5.32 Å². The molecule has 3 rings (SSSR count). The molecular formula is C17H19ClN4O. The number of aromatic nitrogens is 2. The van der Waals surface area contributed by atoms with Gasteiger partial charge in [0.15, 0.2) is 0 Å².